The molecule has 0 saturated carbocycles. The van der Waals surface area contributed by atoms with Gasteiger partial charge in [0.15, 0.2) is 11.5 Å². The van der Waals surface area contributed by atoms with E-state index in [1.165, 1.54) is 18.3 Å². The molecule has 0 aliphatic heterocycles. The van der Waals surface area contributed by atoms with Crippen molar-refractivity contribution in [3.05, 3.63) is 48.1 Å². The van der Waals surface area contributed by atoms with Gasteiger partial charge >= 0.3 is 5.63 Å². The SMILES string of the molecule is Cc1ccsc1CC(=O)c1c(O)c(Br)c(C)oc1=O. The van der Waals surface area contributed by atoms with Crippen molar-refractivity contribution in [2.75, 3.05) is 0 Å². The lowest BCUT2D eigenvalue weighted by molar-refractivity contribution is 0.0986. The Bertz CT molecular complexity index is 699. The van der Waals surface area contributed by atoms with E-state index in [1.54, 1.807) is 0 Å². The van der Waals surface area contributed by atoms with E-state index < -0.39 is 11.4 Å². The van der Waals surface area contributed by atoms with Gasteiger partial charge in [-0.1, -0.05) is 0 Å². The van der Waals surface area contributed by atoms with Gasteiger partial charge in [0.1, 0.15) is 11.3 Å². The lowest BCUT2D eigenvalue weighted by Gasteiger charge is -2.05. The number of hydrogen-bond donors (Lipinski definition) is 1. The molecular formula is C13H11BrO4S. The van der Waals surface area contributed by atoms with Crippen molar-refractivity contribution < 1.29 is 14.3 Å². The van der Waals surface area contributed by atoms with Crippen LogP contribution in [0.5, 0.6) is 5.75 Å². The largest absolute Gasteiger partial charge is 0.506 e. The average Bonchev–Trinajstić information content (AvgIpc) is 2.72. The fourth-order valence-electron chi connectivity index (χ4n) is 1.67. The molecule has 6 heteroatoms. The van der Waals surface area contributed by atoms with Crippen LogP contribution in [0.1, 0.15) is 26.6 Å². The standard InChI is InChI=1S/C13H11BrO4S/c1-6-3-4-19-9(6)5-8(15)10-12(16)11(14)7(2)18-13(10)17/h3-4,16H,5H2,1-2H3. The number of hydrogen-bond acceptors (Lipinski definition) is 5. The summed E-state index contributed by atoms with van der Waals surface area (Å²) in [4.78, 5) is 24.7. The van der Waals surface area contributed by atoms with Gasteiger partial charge in [-0.15, -0.1) is 11.3 Å². The number of halogens is 1. The molecular weight excluding hydrogens is 332 g/mol. The minimum atomic E-state index is -0.808. The fraction of sp³-hybridized carbons (Fsp3) is 0.231. The molecule has 100 valence electrons. The number of ketones is 1. The zero-order valence-electron chi connectivity index (χ0n) is 10.3. The first kappa shape index (κ1) is 14.0. The van der Waals surface area contributed by atoms with Crippen LogP contribution in [0.15, 0.2) is 25.1 Å². The van der Waals surface area contributed by atoms with Crippen LogP contribution in [0.3, 0.4) is 0 Å². The summed E-state index contributed by atoms with van der Waals surface area (Å²) in [6.45, 7) is 3.43. The van der Waals surface area contributed by atoms with Crippen molar-refractivity contribution in [1.29, 1.82) is 0 Å². The number of aryl methyl sites for hydroxylation is 2. The Balaban J connectivity index is 2.43. The first-order chi connectivity index (χ1) is 8.91. The fourth-order valence-corrected chi connectivity index (χ4v) is 2.86. The van der Waals surface area contributed by atoms with Crippen LogP contribution in [0.25, 0.3) is 0 Å². The molecule has 4 nitrogen and oxygen atoms in total. The summed E-state index contributed by atoms with van der Waals surface area (Å²) in [7, 11) is 0. The molecule has 2 heterocycles. The van der Waals surface area contributed by atoms with E-state index in [0.717, 1.165) is 10.4 Å². The first-order valence-electron chi connectivity index (χ1n) is 5.50. The summed E-state index contributed by atoms with van der Waals surface area (Å²) in [5.74, 6) is -0.559. The number of thiophene rings is 1. The van der Waals surface area contributed by atoms with Crippen LogP contribution < -0.4 is 5.63 Å². The lowest BCUT2D eigenvalue weighted by atomic mass is 10.1. The molecule has 0 aromatic carbocycles. The molecule has 0 aliphatic rings. The van der Waals surface area contributed by atoms with Gasteiger partial charge in [0, 0.05) is 11.3 Å². The Kier molecular flexibility index (Phi) is 3.91. The minimum absolute atomic E-state index is 0.0807. The molecule has 1 N–H and O–H groups in total. The molecule has 0 fully saturated rings. The van der Waals surface area contributed by atoms with E-state index in [9.17, 15) is 14.7 Å². The van der Waals surface area contributed by atoms with Crippen LogP contribution in [0.4, 0.5) is 0 Å². The van der Waals surface area contributed by atoms with E-state index in [1.807, 2.05) is 18.4 Å². The molecule has 0 radical (unpaired) electrons. The monoisotopic (exact) mass is 342 g/mol. The third kappa shape index (κ3) is 2.64. The topological polar surface area (TPSA) is 67.5 Å². The second-order valence-corrected chi connectivity index (χ2v) is 5.90. The number of carbonyl (C=O) groups excluding carboxylic acids is 1. The average molecular weight is 343 g/mol. The number of Topliss-reactive ketones (excluding diaryl/α,β-unsaturated/α-hetero) is 1. The maximum absolute atomic E-state index is 12.1. The first-order valence-corrected chi connectivity index (χ1v) is 7.17. The van der Waals surface area contributed by atoms with Gasteiger partial charge in [-0.2, -0.15) is 0 Å². The highest BCUT2D eigenvalue weighted by atomic mass is 79.9. The van der Waals surface area contributed by atoms with Gasteiger partial charge in [-0.05, 0) is 46.8 Å². The van der Waals surface area contributed by atoms with Gasteiger partial charge in [0.2, 0.25) is 0 Å². The smallest absolute Gasteiger partial charge is 0.350 e. The van der Waals surface area contributed by atoms with Crippen molar-refractivity contribution in [3.63, 3.8) is 0 Å². The van der Waals surface area contributed by atoms with Gasteiger partial charge in [-0.25, -0.2) is 4.79 Å². The number of carbonyl (C=O) groups is 1. The van der Waals surface area contributed by atoms with Gasteiger partial charge < -0.3 is 9.52 Å². The Hall–Kier alpha value is -1.40. The highest BCUT2D eigenvalue weighted by molar-refractivity contribution is 9.10. The van der Waals surface area contributed by atoms with Crippen LogP contribution in [0, 0.1) is 13.8 Å². The molecule has 0 aliphatic carbocycles. The van der Waals surface area contributed by atoms with Crippen molar-refractivity contribution in [2.45, 2.75) is 20.3 Å². The highest BCUT2D eigenvalue weighted by Gasteiger charge is 2.22. The predicted octanol–water partition coefficient (Wildman–Crippen LogP) is 3.21. The molecule has 0 spiro atoms. The van der Waals surface area contributed by atoms with Crippen molar-refractivity contribution >= 4 is 33.0 Å². The van der Waals surface area contributed by atoms with Crippen LogP contribution in [-0.4, -0.2) is 10.9 Å². The van der Waals surface area contributed by atoms with Gasteiger partial charge in [0.05, 0.1) is 4.47 Å². The molecule has 0 atom stereocenters. The third-order valence-corrected chi connectivity index (χ3v) is 4.73. The van der Waals surface area contributed by atoms with Gasteiger partial charge in [-0.3, -0.25) is 4.79 Å². The number of aromatic hydroxyl groups is 1. The maximum atomic E-state index is 12.1. The van der Waals surface area contributed by atoms with E-state index >= 15 is 0 Å². The molecule has 0 amide bonds. The third-order valence-electron chi connectivity index (χ3n) is 2.77. The van der Waals surface area contributed by atoms with Crippen molar-refractivity contribution in [2.24, 2.45) is 0 Å². The molecule has 0 unspecified atom stereocenters. The van der Waals surface area contributed by atoms with Crippen LogP contribution in [0.2, 0.25) is 0 Å². The summed E-state index contributed by atoms with van der Waals surface area (Å²) in [6.07, 6.45) is 0.0807. The van der Waals surface area contributed by atoms with E-state index in [0.29, 0.717) is 0 Å². The second-order valence-electron chi connectivity index (χ2n) is 4.11. The lowest BCUT2D eigenvalue weighted by Crippen LogP contribution is -2.17. The van der Waals surface area contributed by atoms with Crippen molar-refractivity contribution in [1.82, 2.24) is 0 Å². The molecule has 0 bridgehead atoms. The summed E-state index contributed by atoms with van der Waals surface area (Å²) in [5.41, 5.74) is -0.115. The number of rotatable bonds is 3. The van der Waals surface area contributed by atoms with E-state index in [2.05, 4.69) is 15.9 Å². The summed E-state index contributed by atoms with van der Waals surface area (Å²) in [6, 6.07) is 1.90. The van der Waals surface area contributed by atoms with Crippen molar-refractivity contribution in [3.8, 4) is 5.75 Å². The summed E-state index contributed by atoms with van der Waals surface area (Å²) >= 11 is 4.54. The molecule has 2 aromatic rings. The molecule has 19 heavy (non-hydrogen) atoms. The van der Waals surface area contributed by atoms with E-state index in [-0.39, 0.29) is 28.0 Å². The zero-order chi connectivity index (χ0) is 14.2. The summed E-state index contributed by atoms with van der Waals surface area (Å²) < 4.78 is 5.15. The Morgan fingerprint density at radius 1 is 1.47 bits per heavy atom. The van der Waals surface area contributed by atoms with Gasteiger partial charge in [0.25, 0.3) is 0 Å². The second kappa shape index (κ2) is 5.30. The minimum Gasteiger partial charge on any atom is -0.506 e. The molecule has 2 rings (SSSR count). The highest BCUT2D eigenvalue weighted by Crippen LogP contribution is 2.30. The normalized spacial score (nSPS) is 10.7. The van der Waals surface area contributed by atoms with Crippen LogP contribution >= 0.6 is 27.3 Å². The quantitative estimate of drug-likeness (QED) is 0.869. The predicted molar refractivity (Wildman–Crippen MR) is 76.2 cm³/mol. The molecule has 0 saturated heterocycles. The Labute approximate surface area is 121 Å². The molecule has 2 aromatic heterocycles. The maximum Gasteiger partial charge on any atom is 0.350 e. The zero-order valence-corrected chi connectivity index (χ0v) is 12.7. The Morgan fingerprint density at radius 3 is 2.74 bits per heavy atom. The Morgan fingerprint density at radius 2 is 2.16 bits per heavy atom. The van der Waals surface area contributed by atoms with Crippen LogP contribution in [-0.2, 0) is 6.42 Å². The van der Waals surface area contributed by atoms with E-state index in [4.69, 9.17) is 4.42 Å². The summed E-state index contributed by atoms with van der Waals surface area (Å²) in [5, 5.41) is 11.8.